The highest BCUT2D eigenvalue weighted by molar-refractivity contribution is 5.92. The SMILES string of the molecule is CC(C)CNC(=O)c1cccc(N2CCN(C)CC2)n1. The molecule has 20 heavy (non-hydrogen) atoms. The molecule has 110 valence electrons. The van der Waals surface area contributed by atoms with Crippen LogP contribution < -0.4 is 10.2 Å². The van der Waals surface area contributed by atoms with Crippen LogP contribution in [0.25, 0.3) is 0 Å². The maximum Gasteiger partial charge on any atom is 0.269 e. The summed E-state index contributed by atoms with van der Waals surface area (Å²) in [5, 5.41) is 2.91. The van der Waals surface area contributed by atoms with Crippen molar-refractivity contribution >= 4 is 11.7 Å². The number of hydrogen-bond acceptors (Lipinski definition) is 4. The second-order valence-electron chi connectivity index (χ2n) is 5.78. The Hall–Kier alpha value is -1.62. The van der Waals surface area contributed by atoms with Crippen LogP contribution in [-0.4, -0.2) is 55.6 Å². The number of carbonyl (C=O) groups excluding carboxylic acids is 1. The number of nitrogens with one attached hydrogen (secondary N) is 1. The number of carbonyl (C=O) groups is 1. The van der Waals surface area contributed by atoms with Gasteiger partial charge in [-0.25, -0.2) is 4.98 Å². The van der Waals surface area contributed by atoms with E-state index in [1.54, 1.807) is 6.07 Å². The van der Waals surface area contributed by atoms with E-state index in [1.807, 2.05) is 12.1 Å². The van der Waals surface area contributed by atoms with Gasteiger partial charge in [0.25, 0.3) is 5.91 Å². The molecule has 0 bridgehead atoms. The average Bonchev–Trinajstić information content (AvgIpc) is 2.45. The molecule has 1 N–H and O–H groups in total. The molecular weight excluding hydrogens is 252 g/mol. The lowest BCUT2D eigenvalue weighted by Crippen LogP contribution is -2.45. The van der Waals surface area contributed by atoms with E-state index in [9.17, 15) is 4.79 Å². The first-order chi connectivity index (χ1) is 9.56. The van der Waals surface area contributed by atoms with Crippen molar-refractivity contribution in [1.82, 2.24) is 15.2 Å². The Morgan fingerprint density at radius 2 is 2.00 bits per heavy atom. The summed E-state index contributed by atoms with van der Waals surface area (Å²) in [4.78, 5) is 21.1. The summed E-state index contributed by atoms with van der Waals surface area (Å²) in [5.41, 5.74) is 0.502. The molecule has 0 spiro atoms. The topological polar surface area (TPSA) is 48.5 Å². The van der Waals surface area contributed by atoms with Gasteiger partial charge in [-0.3, -0.25) is 4.79 Å². The summed E-state index contributed by atoms with van der Waals surface area (Å²) < 4.78 is 0. The van der Waals surface area contributed by atoms with E-state index in [2.05, 4.69) is 41.0 Å². The van der Waals surface area contributed by atoms with Gasteiger partial charge in [0, 0.05) is 32.7 Å². The number of aromatic nitrogens is 1. The molecule has 0 saturated carbocycles. The van der Waals surface area contributed by atoms with E-state index in [-0.39, 0.29) is 5.91 Å². The van der Waals surface area contributed by atoms with Crippen LogP contribution in [0.4, 0.5) is 5.82 Å². The molecule has 5 heteroatoms. The van der Waals surface area contributed by atoms with Crippen molar-refractivity contribution in [3.05, 3.63) is 23.9 Å². The fourth-order valence-corrected chi connectivity index (χ4v) is 2.15. The van der Waals surface area contributed by atoms with Gasteiger partial charge in [0.15, 0.2) is 0 Å². The molecule has 1 aromatic rings. The summed E-state index contributed by atoms with van der Waals surface area (Å²) >= 11 is 0. The van der Waals surface area contributed by atoms with Gasteiger partial charge in [0.1, 0.15) is 11.5 Å². The highest BCUT2D eigenvalue weighted by Gasteiger charge is 2.16. The molecule has 1 aliphatic rings. The van der Waals surface area contributed by atoms with Gasteiger partial charge in [-0.1, -0.05) is 19.9 Å². The predicted octanol–water partition coefficient (Wildman–Crippen LogP) is 1.22. The number of likely N-dealkylation sites (N-methyl/N-ethyl adjacent to an activating group) is 1. The van der Waals surface area contributed by atoms with Crippen LogP contribution in [0.2, 0.25) is 0 Å². The van der Waals surface area contributed by atoms with Gasteiger partial charge in [-0.05, 0) is 25.1 Å². The first-order valence-electron chi connectivity index (χ1n) is 7.25. The molecule has 1 aromatic heterocycles. The predicted molar refractivity (Wildman–Crippen MR) is 81.1 cm³/mol. The van der Waals surface area contributed by atoms with Crippen molar-refractivity contribution in [2.45, 2.75) is 13.8 Å². The van der Waals surface area contributed by atoms with Gasteiger partial charge in [-0.15, -0.1) is 0 Å². The number of anilines is 1. The van der Waals surface area contributed by atoms with Crippen LogP contribution in [-0.2, 0) is 0 Å². The molecule has 0 radical (unpaired) electrons. The zero-order valence-electron chi connectivity index (χ0n) is 12.6. The van der Waals surface area contributed by atoms with E-state index < -0.39 is 0 Å². The van der Waals surface area contributed by atoms with E-state index in [1.165, 1.54) is 0 Å². The van der Waals surface area contributed by atoms with E-state index in [0.29, 0.717) is 18.2 Å². The molecule has 2 heterocycles. The lowest BCUT2D eigenvalue weighted by molar-refractivity contribution is 0.0944. The van der Waals surface area contributed by atoms with Crippen molar-refractivity contribution in [3.63, 3.8) is 0 Å². The first kappa shape index (κ1) is 14.8. The van der Waals surface area contributed by atoms with Crippen LogP contribution in [0.5, 0.6) is 0 Å². The number of hydrogen-bond donors (Lipinski definition) is 1. The van der Waals surface area contributed by atoms with Gasteiger partial charge in [-0.2, -0.15) is 0 Å². The van der Waals surface area contributed by atoms with E-state index >= 15 is 0 Å². The Morgan fingerprint density at radius 3 is 2.65 bits per heavy atom. The van der Waals surface area contributed by atoms with Crippen LogP contribution in [0, 0.1) is 5.92 Å². The first-order valence-corrected chi connectivity index (χ1v) is 7.25. The zero-order valence-corrected chi connectivity index (χ0v) is 12.6. The molecule has 5 nitrogen and oxygen atoms in total. The second-order valence-corrected chi connectivity index (χ2v) is 5.78. The van der Waals surface area contributed by atoms with Crippen molar-refractivity contribution in [3.8, 4) is 0 Å². The molecule has 0 atom stereocenters. The quantitative estimate of drug-likeness (QED) is 0.898. The Bertz CT molecular complexity index is 453. The van der Waals surface area contributed by atoms with Crippen molar-refractivity contribution in [2.24, 2.45) is 5.92 Å². The maximum atomic E-state index is 12.0. The van der Waals surface area contributed by atoms with Gasteiger partial charge in [0.2, 0.25) is 0 Å². The minimum absolute atomic E-state index is 0.0883. The fraction of sp³-hybridized carbons (Fsp3) is 0.600. The molecule has 1 aliphatic heterocycles. The summed E-state index contributed by atoms with van der Waals surface area (Å²) in [6, 6.07) is 5.66. The number of nitrogens with zero attached hydrogens (tertiary/aromatic N) is 3. The highest BCUT2D eigenvalue weighted by Crippen LogP contribution is 2.13. The maximum absolute atomic E-state index is 12.0. The molecule has 1 saturated heterocycles. The monoisotopic (exact) mass is 276 g/mol. The summed E-state index contributed by atoms with van der Waals surface area (Å²) in [6.07, 6.45) is 0. The number of piperazine rings is 1. The van der Waals surface area contributed by atoms with Gasteiger partial charge >= 0.3 is 0 Å². The normalized spacial score (nSPS) is 16.5. The zero-order chi connectivity index (χ0) is 14.5. The molecule has 1 fully saturated rings. The third-order valence-electron chi connectivity index (χ3n) is 3.47. The Morgan fingerprint density at radius 1 is 1.30 bits per heavy atom. The van der Waals surface area contributed by atoms with Crippen LogP contribution >= 0.6 is 0 Å². The lowest BCUT2D eigenvalue weighted by atomic mass is 10.2. The van der Waals surface area contributed by atoms with Crippen molar-refractivity contribution in [2.75, 3.05) is 44.7 Å². The molecule has 0 aromatic carbocycles. The Kier molecular flexibility index (Phi) is 4.95. The van der Waals surface area contributed by atoms with Gasteiger partial charge in [0.05, 0.1) is 0 Å². The van der Waals surface area contributed by atoms with Crippen LogP contribution in [0.3, 0.4) is 0 Å². The number of amides is 1. The lowest BCUT2D eigenvalue weighted by Gasteiger charge is -2.33. The molecule has 2 rings (SSSR count). The molecule has 1 amide bonds. The standard InChI is InChI=1S/C15H24N4O/c1-12(2)11-16-15(20)13-5-4-6-14(17-13)19-9-7-18(3)8-10-19/h4-6,12H,7-11H2,1-3H3,(H,16,20). The highest BCUT2D eigenvalue weighted by atomic mass is 16.1. The smallest absolute Gasteiger partial charge is 0.269 e. The van der Waals surface area contributed by atoms with E-state index in [4.69, 9.17) is 0 Å². The minimum atomic E-state index is -0.0883. The minimum Gasteiger partial charge on any atom is -0.354 e. The Labute approximate surface area is 121 Å². The average molecular weight is 276 g/mol. The molecular formula is C15H24N4O. The van der Waals surface area contributed by atoms with Crippen LogP contribution in [0.15, 0.2) is 18.2 Å². The fourth-order valence-electron chi connectivity index (χ4n) is 2.15. The second kappa shape index (κ2) is 6.70. The number of pyridine rings is 1. The van der Waals surface area contributed by atoms with Gasteiger partial charge < -0.3 is 15.1 Å². The van der Waals surface area contributed by atoms with Crippen molar-refractivity contribution in [1.29, 1.82) is 0 Å². The summed E-state index contributed by atoms with van der Waals surface area (Å²) in [5.74, 6) is 1.25. The van der Waals surface area contributed by atoms with Crippen LogP contribution in [0.1, 0.15) is 24.3 Å². The largest absolute Gasteiger partial charge is 0.354 e. The van der Waals surface area contributed by atoms with Crippen molar-refractivity contribution < 1.29 is 4.79 Å². The Balaban J connectivity index is 2.02. The third kappa shape index (κ3) is 3.93. The summed E-state index contributed by atoms with van der Waals surface area (Å²) in [6.45, 7) is 8.82. The number of rotatable bonds is 4. The molecule has 0 aliphatic carbocycles. The summed E-state index contributed by atoms with van der Waals surface area (Å²) in [7, 11) is 2.13. The van der Waals surface area contributed by atoms with E-state index in [0.717, 1.165) is 32.0 Å². The molecule has 0 unspecified atom stereocenters. The third-order valence-corrected chi connectivity index (χ3v) is 3.47.